The fourth-order valence-electron chi connectivity index (χ4n) is 3.14. The van der Waals surface area contributed by atoms with Crippen molar-refractivity contribution in [1.29, 1.82) is 0 Å². The summed E-state index contributed by atoms with van der Waals surface area (Å²) in [5.41, 5.74) is 2.58. The fraction of sp³-hybridized carbons (Fsp3) is 0.192. The molecule has 0 radical (unpaired) electrons. The van der Waals surface area contributed by atoms with E-state index in [9.17, 15) is 9.59 Å². The van der Waals surface area contributed by atoms with Crippen molar-refractivity contribution >= 4 is 50.8 Å². The summed E-state index contributed by atoms with van der Waals surface area (Å²) < 4.78 is 6.52. The molecule has 0 atom stereocenters. The highest BCUT2D eigenvalue weighted by Gasteiger charge is 2.14. The molecule has 3 rings (SSSR count). The van der Waals surface area contributed by atoms with E-state index in [1.165, 1.54) is 5.56 Å². The third-order valence-electron chi connectivity index (χ3n) is 4.87. The lowest BCUT2D eigenvalue weighted by atomic mass is 10.1. The zero-order chi connectivity index (χ0) is 24.3. The lowest BCUT2D eigenvalue weighted by molar-refractivity contribution is 0.0952. The predicted octanol–water partition coefficient (Wildman–Crippen LogP) is 5.34. The van der Waals surface area contributed by atoms with Crippen molar-refractivity contribution in [3.8, 4) is 5.75 Å². The average molecular weight is 540 g/mol. The van der Waals surface area contributed by atoms with Gasteiger partial charge in [0.1, 0.15) is 5.75 Å². The number of carbonyl (C=O) groups is 2. The van der Waals surface area contributed by atoms with Crippen LogP contribution in [0.1, 0.15) is 39.6 Å². The van der Waals surface area contributed by atoms with Crippen LogP contribution in [0.25, 0.3) is 0 Å². The molecule has 3 aromatic carbocycles. The average Bonchev–Trinajstić information content (AvgIpc) is 2.84. The van der Waals surface area contributed by atoms with Crippen LogP contribution in [0.5, 0.6) is 5.75 Å². The minimum atomic E-state index is -0.373. The van der Waals surface area contributed by atoms with Crippen molar-refractivity contribution in [3.63, 3.8) is 0 Å². The molecule has 3 aromatic rings. The van der Waals surface area contributed by atoms with E-state index in [0.717, 1.165) is 12.8 Å². The van der Waals surface area contributed by atoms with Gasteiger partial charge < -0.3 is 15.4 Å². The number of rotatable bonds is 9. The van der Waals surface area contributed by atoms with Crippen molar-refractivity contribution in [3.05, 3.63) is 94.0 Å². The zero-order valence-electron chi connectivity index (χ0n) is 18.8. The van der Waals surface area contributed by atoms with Crippen LogP contribution in [0.3, 0.4) is 0 Å². The number of hydrogen-bond donors (Lipinski definition) is 3. The number of thiocarbonyl (C=S) groups is 1. The Kier molecular flexibility index (Phi) is 9.61. The third kappa shape index (κ3) is 7.40. The molecule has 8 heteroatoms. The van der Waals surface area contributed by atoms with Gasteiger partial charge in [0.05, 0.1) is 22.3 Å². The predicted molar refractivity (Wildman–Crippen MR) is 143 cm³/mol. The van der Waals surface area contributed by atoms with Gasteiger partial charge in [-0.2, -0.15) is 0 Å². The van der Waals surface area contributed by atoms with E-state index in [0.29, 0.717) is 40.2 Å². The molecule has 0 aliphatic carbocycles. The first kappa shape index (κ1) is 25.4. The van der Waals surface area contributed by atoms with E-state index >= 15 is 0 Å². The molecule has 0 fully saturated rings. The second kappa shape index (κ2) is 12.9. The van der Waals surface area contributed by atoms with Crippen molar-refractivity contribution in [2.24, 2.45) is 0 Å². The first-order chi connectivity index (χ1) is 16.5. The lowest BCUT2D eigenvalue weighted by Crippen LogP contribution is -2.35. The topological polar surface area (TPSA) is 79.5 Å². The Morgan fingerprint density at radius 2 is 1.71 bits per heavy atom. The molecule has 2 amide bonds. The van der Waals surface area contributed by atoms with E-state index in [4.69, 9.17) is 17.0 Å². The Bertz CT molecular complexity index is 1160. The molecule has 0 aliphatic heterocycles. The minimum Gasteiger partial charge on any atom is -0.492 e. The van der Waals surface area contributed by atoms with E-state index in [-0.39, 0.29) is 16.9 Å². The van der Waals surface area contributed by atoms with Crippen LogP contribution in [0.2, 0.25) is 0 Å². The Labute approximate surface area is 213 Å². The van der Waals surface area contributed by atoms with Crippen LogP contribution in [0, 0.1) is 0 Å². The van der Waals surface area contributed by atoms with Crippen molar-refractivity contribution in [2.45, 2.75) is 19.8 Å². The number of nitrogens with one attached hydrogen (secondary N) is 3. The van der Waals surface area contributed by atoms with Gasteiger partial charge in [0.15, 0.2) is 5.11 Å². The summed E-state index contributed by atoms with van der Waals surface area (Å²) in [6, 6.07) is 22.2. The van der Waals surface area contributed by atoms with Gasteiger partial charge >= 0.3 is 0 Å². The fourth-order valence-corrected chi connectivity index (χ4v) is 3.83. The largest absolute Gasteiger partial charge is 0.492 e. The van der Waals surface area contributed by atoms with Gasteiger partial charge in [-0.15, -0.1) is 0 Å². The molecule has 176 valence electrons. The molecule has 0 aliphatic rings. The molecular formula is C26H26BrN3O3S. The molecule has 0 unspecified atom stereocenters. The highest BCUT2D eigenvalue weighted by molar-refractivity contribution is 9.10. The SMILES string of the molecule is CCCNC(=O)c1ccccc1NC(=S)NC(=O)c1ccc(OCCc2ccccc2)c(Br)c1. The molecule has 34 heavy (non-hydrogen) atoms. The van der Waals surface area contributed by atoms with Gasteiger partial charge in [0, 0.05) is 18.5 Å². The summed E-state index contributed by atoms with van der Waals surface area (Å²) in [5.74, 6) is 0.0769. The summed E-state index contributed by atoms with van der Waals surface area (Å²) in [7, 11) is 0. The molecule has 0 aromatic heterocycles. The number of amides is 2. The number of hydrogen-bond acceptors (Lipinski definition) is 4. The number of halogens is 1. The Morgan fingerprint density at radius 1 is 0.971 bits per heavy atom. The second-order valence-corrected chi connectivity index (χ2v) is 8.70. The van der Waals surface area contributed by atoms with Gasteiger partial charge in [-0.3, -0.25) is 14.9 Å². The van der Waals surface area contributed by atoms with Gasteiger partial charge in [-0.1, -0.05) is 49.4 Å². The number of anilines is 1. The van der Waals surface area contributed by atoms with Crippen LogP contribution in [-0.2, 0) is 6.42 Å². The van der Waals surface area contributed by atoms with E-state index in [1.54, 1.807) is 42.5 Å². The lowest BCUT2D eigenvalue weighted by Gasteiger charge is -2.14. The van der Waals surface area contributed by atoms with Gasteiger partial charge in [-0.05, 0) is 70.5 Å². The van der Waals surface area contributed by atoms with Crippen LogP contribution >= 0.6 is 28.1 Å². The van der Waals surface area contributed by atoms with E-state index < -0.39 is 0 Å². The number of ether oxygens (including phenoxy) is 1. The summed E-state index contributed by atoms with van der Waals surface area (Å²) in [5, 5.41) is 8.53. The molecule has 0 bridgehead atoms. The maximum atomic E-state index is 12.7. The van der Waals surface area contributed by atoms with Gasteiger partial charge in [0.2, 0.25) is 0 Å². The van der Waals surface area contributed by atoms with E-state index in [2.05, 4.69) is 44.0 Å². The highest BCUT2D eigenvalue weighted by Crippen LogP contribution is 2.26. The summed E-state index contributed by atoms with van der Waals surface area (Å²) >= 11 is 8.77. The molecule has 3 N–H and O–H groups in total. The first-order valence-corrected chi connectivity index (χ1v) is 12.1. The zero-order valence-corrected chi connectivity index (χ0v) is 21.2. The molecular weight excluding hydrogens is 514 g/mol. The first-order valence-electron chi connectivity index (χ1n) is 10.9. The summed E-state index contributed by atoms with van der Waals surface area (Å²) in [4.78, 5) is 25.1. The standard InChI is InChI=1S/C26H26BrN3O3S/c1-2-15-28-25(32)20-10-6-7-11-22(20)29-26(34)30-24(31)19-12-13-23(21(27)17-19)33-16-14-18-8-4-3-5-9-18/h3-13,17H,2,14-16H2,1H3,(H,28,32)(H2,29,30,31,34). The minimum absolute atomic E-state index is 0.0973. The van der Waals surface area contributed by atoms with Crippen LogP contribution in [0.4, 0.5) is 5.69 Å². The summed E-state index contributed by atoms with van der Waals surface area (Å²) in [6.45, 7) is 3.08. The summed E-state index contributed by atoms with van der Waals surface area (Å²) in [6.07, 6.45) is 1.62. The highest BCUT2D eigenvalue weighted by atomic mass is 79.9. The van der Waals surface area contributed by atoms with Crippen LogP contribution < -0.4 is 20.7 Å². The molecule has 0 saturated heterocycles. The Morgan fingerprint density at radius 3 is 2.44 bits per heavy atom. The third-order valence-corrected chi connectivity index (χ3v) is 5.69. The molecule has 0 spiro atoms. The smallest absolute Gasteiger partial charge is 0.257 e. The quantitative estimate of drug-likeness (QED) is 0.320. The maximum absolute atomic E-state index is 12.7. The Hall–Kier alpha value is -3.23. The van der Waals surface area contributed by atoms with Crippen molar-refractivity contribution < 1.29 is 14.3 Å². The maximum Gasteiger partial charge on any atom is 0.257 e. The molecule has 0 saturated carbocycles. The number of para-hydroxylation sites is 1. The number of carbonyl (C=O) groups excluding carboxylic acids is 2. The van der Waals surface area contributed by atoms with Gasteiger partial charge in [-0.25, -0.2) is 0 Å². The van der Waals surface area contributed by atoms with Crippen molar-refractivity contribution in [2.75, 3.05) is 18.5 Å². The normalized spacial score (nSPS) is 10.3. The monoisotopic (exact) mass is 539 g/mol. The van der Waals surface area contributed by atoms with Crippen molar-refractivity contribution in [1.82, 2.24) is 10.6 Å². The Balaban J connectivity index is 1.57. The molecule has 0 heterocycles. The van der Waals surface area contributed by atoms with Crippen LogP contribution in [0.15, 0.2) is 77.3 Å². The second-order valence-electron chi connectivity index (χ2n) is 7.44. The van der Waals surface area contributed by atoms with Gasteiger partial charge in [0.25, 0.3) is 11.8 Å². The van der Waals surface area contributed by atoms with Crippen LogP contribution in [-0.4, -0.2) is 30.1 Å². The van der Waals surface area contributed by atoms with E-state index in [1.807, 2.05) is 25.1 Å². The number of benzene rings is 3. The molecule has 6 nitrogen and oxygen atoms in total.